The molecule has 0 unspecified atom stereocenters. The van der Waals surface area contributed by atoms with E-state index in [2.05, 4.69) is 0 Å². The Kier molecular flexibility index (Phi) is 6.28. The van der Waals surface area contributed by atoms with Crippen LogP contribution >= 0.6 is 0 Å². The average molecular weight is 519 g/mol. The Morgan fingerprint density at radius 3 is 2.14 bits per heavy atom. The van der Waals surface area contributed by atoms with Gasteiger partial charge in [-0.2, -0.15) is 13.2 Å². The van der Waals surface area contributed by atoms with Crippen LogP contribution in [0.4, 0.5) is 24.5 Å². The number of carbonyl (C=O) groups is 1. The van der Waals surface area contributed by atoms with Crippen LogP contribution in [0, 0.1) is 0 Å². The smallest absolute Gasteiger partial charge is 0.416 e. The first-order valence-corrected chi connectivity index (χ1v) is 12.5. The van der Waals surface area contributed by atoms with Crippen LogP contribution in [-0.4, -0.2) is 39.6 Å². The topological polar surface area (TPSA) is 77.9 Å². The maximum absolute atomic E-state index is 13.5. The van der Waals surface area contributed by atoms with E-state index in [9.17, 15) is 26.4 Å². The van der Waals surface area contributed by atoms with E-state index >= 15 is 0 Å². The minimum atomic E-state index is -4.42. The number of likely N-dealkylation sites (N-methyl/N-ethyl adjacent to an activating group) is 1. The van der Waals surface area contributed by atoms with E-state index in [1.807, 2.05) is 19.9 Å². The Bertz CT molecular complexity index is 1400. The van der Waals surface area contributed by atoms with Crippen molar-refractivity contribution in [3.8, 4) is 11.1 Å². The Morgan fingerprint density at radius 1 is 1.00 bits per heavy atom. The molecule has 4 rings (SSSR count). The van der Waals surface area contributed by atoms with Crippen molar-refractivity contribution in [2.45, 2.75) is 30.3 Å². The van der Waals surface area contributed by atoms with Crippen molar-refractivity contribution in [1.29, 1.82) is 0 Å². The molecule has 0 amide bonds. The molecule has 1 N–H and O–H groups in total. The molecule has 0 radical (unpaired) electrons. The second kappa shape index (κ2) is 8.85. The monoisotopic (exact) mass is 518 g/mol. The Labute approximate surface area is 207 Å². The van der Waals surface area contributed by atoms with Crippen LogP contribution in [0.15, 0.2) is 71.6 Å². The summed E-state index contributed by atoms with van der Waals surface area (Å²) in [5.41, 5.74) is 1.89. The summed E-state index contributed by atoms with van der Waals surface area (Å²) in [5, 5.41) is 8.96. The van der Waals surface area contributed by atoms with Crippen LogP contribution < -0.4 is 9.21 Å². The Balaban J connectivity index is 1.66. The standard InChI is InChI=1S/C26H25F3N2O4S/c1-25(2)16-31(36(34,35)21-11-9-20(10-12-21)30(3)15-24(32)33)23-13-6-18(14-22(23)25)17-4-7-19(8-5-17)26(27,28)29/h4-14H,15-16H2,1-3H3,(H,32,33). The normalized spacial score (nSPS) is 15.0. The average Bonchev–Trinajstić information content (AvgIpc) is 3.09. The highest BCUT2D eigenvalue weighted by Crippen LogP contribution is 2.45. The summed E-state index contributed by atoms with van der Waals surface area (Å²) in [6, 6.07) is 16.1. The van der Waals surface area contributed by atoms with Gasteiger partial charge in [0.25, 0.3) is 10.0 Å². The number of aliphatic carboxylic acids is 1. The third-order valence-corrected chi connectivity index (χ3v) is 8.09. The van der Waals surface area contributed by atoms with Crippen molar-refractivity contribution in [2.75, 3.05) is 29.3 Å². The third kappa shape index (κ3) is 4.77. The summed E-state index contributed by atoms with van der Waals surface area (Å²) < 4.78 is 67.2. The van der Waals surface area contributed by atoms with Gasteiger partial charge in [-0.1, -0.05) is 32.0 Å². The number of hydrogen-bond donors (Lipinski definition) is 1. The Hall–Kier alpha value is -3.53. The number of rotatable bonds is 6. The van der Waals surface area contributed by atoms with Crippen LogP contribution in [0.1, 0.15) is 25.0 Å². The highest BCUT2D eigenvalue weighted by atomic mass is 32.2. The van der Waals surface area contributed by atoms with Crippen LogP contribution in [0.5, 0.6) is 0 Å². The lowest BCUT2D eigenvalue weighted by atomic mass is 9.85. The molecule has 0 saturated heterocycles. The second-order valence-corrected chi connectivity index (χ2v) is 11.3. The molecule has 0 bridgehead atoms. The number of hydrogen-bond acceptors (Lipinski definition) is 4. The zero-order chi connectivity index (χ0) is 26.5. The predicted molar refractivity (Wildman–Crippen MR) is 132 cm³/mol. The maximum Gasteiger partial charge on any atom is 0.416 e. The summed E-state index contributed by atoms with van der Waals surface area (Å²) >= 11 is 0. The second-order valence-electron chi connectivity index (χ2n) is 9.45. The predicted octanol–water partition coefficient (Wildman–Crippen LogP) is 5.38. The quantitative estimate of drug-likeness (QED) is 0.474. The van der Waals surface area contributed by atoms with Gasteiger partial charge in [-0.3, -0.25) is 9.10 Å². The molecule has 6 nitrogen and oxygen atoms in total. The summed E-state index contributed by atoms with van der Waals surface area (Å²) in [6.45, 7) is 3.81. The molecule has 0 atom stereocenters. The van der Waals surface area contributed by atoms with E-state index in [0.717, 1.165) is 17.7 Å². The van der Waals surface area contributed by atoms with Crippen molar-refractivity contribution in [2.24, 2.45) is 0 Å². The first-order chi connectivity index (χ1) is 16.7. The minimum absolute atomic E-state index is 0.0745. The number of fused-ring (bicyclic) bond motifs is 1. The van der Waals surface area contributed by atoms with E-state index in [-0.39, 0.29) is 18.0 Å². The fourth-order valence-electron chi connectivity index (χ4n) is 4.36. The molecule has 1 heterocycles. The molecule has 3 aromatic carbocycles. The van der Waals surface area contributed by atoms with Gasteiger partial charge in [0, 0.05) is 24.7 Å². The molecule has 0 spiro atoms. The highest BCUT2D eigenvalue weighted by Gasteiger charge is 2.41. The van der Waals surface area contributed by atoms with Gasteiger partial charge < -0.3 is 10.0 Å². The number of carboxylic acid groups (broad SMARTS) is 1. The van der Waals surface area contributed by atoms with Gasteiger partial charge in [-0.05, 0) is 65.2 Å². The summed E-state index contributed by atoms with van der Waals surface area (Å²) in [5.74, 6) is -0.999. The fourth-order valence-corrected chi connectivity index (χ4v) is 6.01. The van der Waals surface area contributed by atoms with Crippen molar-refractivity contribution in [3.63, 3.8) is 0 Å². The lowest BCUT2D eigenvalue weighted by Gasteiger charge is -2.23. The van der Waals surface area contributed by atoms with E-state index in [1.165, 1.54) is 33.5 Å². The van der Waals surface area contributed by atoms with E-state index < -0.39 is 33.1 Å². The molecule has 0 fully saturated rings. The van der Waals surface area contributed by atoms with Gasteiger partial charge in [-0.25, -0.2) is 8.42 Å². The number of alkyl halides is 3. The SMILES string of the molecule is CN(CC(=O)O)c1ccc(S(=O)(=O)N2CC(C)(C)c3cc(-c4ccc(C(F)(F)F)cc4)ccc32)cc1. The van der Waals surface area contributed by atoms with Crippen LogP contribution in [0.3, 0.4) is 0 Å². The number of anilines is 2. The number of halogens is 3. The molecular formula is C26H25F3N2O4S. The van der Waals surface area contributed by atoms with Gasteiger partial charge in [0.2, 0.25) is 0 Å². The first kappa shape index (κ1) is 25.6. The van der Waals surface area contributed by atoms with E-state index in [0.29, 0.717) is 22.5 Å². The summed E-state index contributed by atoms with van der Waals surface area (Å²) in [7, 11) is -2.31. The number of carboxylic acids is 1. The van der Waals surface area contributed by atoms with Gasteiger partial charge in [0.15, 0.2) is 0 Å². The van der Waals surface area contributed by atoms with Gasteiger partial charge in [-0.15, -0.1) is 0 Å². The van der Waals surface area contributed by atoms with E-state index in [1.54, 1.807) is 31.3 Å². The van der Waals surface area contributed by atoms with Crippen molar-refractivity contribution < 1.29 is 31.5 Å². The summed E-state index contributed by atoms with van der Waals surface area (Å²) in [4.78, 5) is 12.5. The number of nitrogens with zero attached hydrogens (tertiary/aromatic N) is 2. The van der Waals surface area contributed by atoms with Gasteiger partial charge in [0.05, 0.1) is 16.1 Å². The minimum Gasteiger partial charge on any atom is -0.480 e. The molecule has 36 heavy (non-hydrogen) atoms. The molecule has 0 aliphatic carbocycles. The fraction of sp³-hybridized carbons (Fsp3) is 0.269. The maximum atomic E-state index is 13.5. The zero-order valence-electron chi connectivity index (χ0n) is 19.9. The molecule has 10 heteroatoms. The Morgan fingerprint density at radius 2 is 1.58 bits per heavy atom. The third-order valence-electron chi connectivity index (χ3n) is 6.32. The van der Waals surface area contributed by atoms with Crippen LogP contribution in [0.2, 0.25) is 0 Å². The number of benzene rings is 3. The molecule has 0 aromatic heterocycles. The van der Waals surface area contributed by atoms with Crippen molar-refractivity contribution >= 4 is 27.4 Å². The van der Waals surface area contributed by atoms with Crippen molar-refractivity contribution in [3.05, 3.63) is 77.9 Å². The van der Waals surface area contributed by atoms with Crippen molar-refractivity contribution in [1.82, 2.24) is 0 Å². The lowest BCUT2D eigenvalue weighted by molar-refractivity contribution is -0.137. The molecule has 0 saturated carbocycles. The van der Waals surface area contributed by atoms with Crippen LogP contribution in [-0.2, 0) is 26.4 Å². The molecule has 190 valence electrons. The van der Waals surface area contributed by atoms with Gasteiger partial charge >= 0.3 is 12.1 Å². The number of sulfonamides is 1. The van der Waals surface area contributed by atoms with Crippen LogP contribution in [0.25, 0.3) is 11.1 Å². The molecular weight excluding hydrogens is 493 g/mol. The largest absolute Gasteiger partial charge is 0.480 e. The van der Waals surface area contributed by atoms with Gasteiger partial charge in [0.1, 0.15) is 6.54 Å². The van der Waals surface area contributed by atoms with E-state index in [4.69, 9.17) is 5.11 Å². The molecule has 1 aliphatic heterocycles. The molecule has 1 aliphatic rings. The first-order valence-electron chi connectivity index (χ1n) is 11.1. The zero-order valence-corrected chi connectivity index (χ0v) is 20.7. The molecule has 3 aromatic rings. The summed E-state index contributed by atoms with van der Waals surface area (Å²) in [6.07, 6.45) is -4.42. The highest BCUT2D eigenvalue weighted by molar-refractivity contribution is 7.92. The lowest BCUT2D eigenvalue weighted by Crippen LogP contribution is -2.34.